The number of carbonyl (C=O) groups is 2. The lowest BCUT2D eigenvalue weighted by molar-refractivity contribution is -0.141. The SMILES string of the molecule is COCCOC(=O)C1=C(C)N=C2SC=C(CC(=O)N3CCOCC3)N2C1c1cccc(OC)c1OC. The van der Waals surface area contributed by atoms with E-state index in [1.54, 1.807) is 39.2 Å². The molecule has 1 aromatic rings. The molecule has 3 aliphatic rings. The molecule has 10 nitrogen and oxygen atoms in total. The minimum atomic E-state index is -0.628. The molecule has 0 bridgehead atoms. The minimum absolute atomic E-state index is 0.00162. The van der Waals surface area contributed by atoms with Gasteiger partial charge in [-0.25, -0.2) is 9.79 Å². The highest BCUT2D eigenvalue weighted by molar-refractivity contribution is 8.16. The number of thioether (sulfide) groups is 1. The van der Waals surface area contributed by atoms with Crippen molar-refractivity contribution in [3.63, 3.8) is 0 Å². The molecule has 1 amide bonds. The van der Waals surface area contributed by atoms with Gasteiger partial charge in [0.1, 0.15) is 6.61 Å². The summed E-state index contributed by atoms with van der Waals surface area (Å²) in [4.78, 5) is 34.9. The molecule has 4 rings (SSSR count). The molecule has 3 heterocycles. The minimum Gasteiger partial charge on any atom is -0.493 e. The van der Waals surface area contributed by atoms with Crippen molar-refractivity contribution >= 4 is 28.8 Å². The van der Waals surface area contributed by atoms with Gasteiger partial charge in [-0.3, -0.25) is 4.79 Å². The summed E-state index contributed by atoms with van der Waals surface area (Å²) in [6.45, 7) is 4.34. The highest BCUT2D eigenvalue weighted by atomic mass is 32.2. The fourth-order valence-corrected chi connectivity index (χ4v) is 5.39. The number of hydrogen-bond acceptors (Lipinski definition) is 10. The summed E-state index contributed by atoms with van der Waals surface area (Å²) in [6, 6.07) is 4.90. The Bertz CT molecular complexity index is 1100. The average molecular weight is 518 g/mol. The van der Waals surface area contributed by atoms with Crippen LogP contribution in [0.5, 0.6) is 11.5 Å². The van der Waals surface area contributed by atoms with Gasteiger partial charge in [0.05, 0.1) is 57.8 Å². The van der Waals surface area contributed by atoms with Crippen molar-refractivity contribution in [2.24, 2.45) is 4.99 Å². The molecule has 1 fully saturated rings. The number of amides is 1. The molecule has 194 valence electrons. The molecular formula is C25H31N3O7S. The monoisotopic (exact) mass is 517 g/mol. The highest BCUT2D eigenvalue weighted by Gasteiger charge is 2.43. The zero-order valence-corrected chi connectivity index (χ0v) is 21.8. The van der Waals surface area contributed by atoms with E-state index in [0.29, 0.717) is 59.8 Å². The number of carbonyl (C=O) groups excluding carboxylic acids is 2. The third kappa shape index (κ3) is 5.23. The van der Waals surface area contributed by atoms with Crippen LogP contribution in [0.4, 0.5) is 0 Å². The number of esters is 1. The van der Waals surface area contributed by atoms with Gasteiger partial charge in [-0.2, -0.15) is 0 Å². The Morgan fingerprint density at radius 2 is 1.92 bits per heavy atom. The molecular weight excluding hydrogens is 486 g/mol. The number of allylic oxidation sites excluding steroid dienone is 1. The average Bonchev–Trinajstić information content (AvgIpc) is 3.29. The van der Waals surface area contributed by atoms with Gasteiger partial charge in [-0.15, -0.1) is 0 Å². The van der Waals surface area contributed by atoms with E-state index in [1.807, 2.05) is 22.4 Å². The maximum atomic E-state index is 13.4. The third-order valence-corrected chi connectivity index (χ3v) is 7.05. The van der Waals surface area contributed by atoms with Gasteiger partial charge in [0.15, 0.2) is 16.7 Å². The lowest BCUT2D eigenvalue weighted by atomic mass is 9.92. The maximum Gasteiger partial charge on any atom is 0.338 e. The second kappa shape index (κ2) is 11.8. The number of methoxy groups -OCH3 is 3. The van der Waals surface area contributed by atoms with E-state index in [9.17, 15) is 9.59 Å². The van der Waals surface area contributed by atoms with Gasteiger partial charge < -0.3 is 33.5 Å². The van der Waals surface area contributed by atoms with Crippen molar-refractivity contribution < 1.29 is 33.3 Å². The summed E-state index contributed by atoms with van der Waals surface area (Å²) in [7, 11) is 4.67. The topological polar surface area (TPSA) is 99.1 Å². The van der Waals surface area contributed by atoms with Gasteiger partial charge in [-0.1, -0.05) is 23.9 Å². The number of nitrogens with zero attached hydrogens (tertiary/aromatic N) is 3. The van der Waals surface area contributed by atoms with Gasteiger partial charge in [0.25, 0.3) is 0 Å². The van der Waals surface area contributed by atoms with E-state index in [0.717, 1.165) is 5.70 Å². The van der Waals surface area contributed by atoms with Crippen LogP contribution in [0.25, 0.3) is 0 Å². The fourth-order valence-electron chi connectivity index (χ4n) is 4.43. The van der Waals surface area contributed by atoms with E-state index >= 15 is 0 Å². The second-order valence-corrected chi connectivity index (χ2v) is 9.11. The Hall–Kier alpha value is -3.02. The van der Waals surface area contributed by atoms with Crippen LogP contribution in [0.1, 0.15) is 24.9 Å². The Morgan fingerprint density at radius 1 is 1.14 bits per heavy atom. The molecule has 1 saturated heterocycles. The fraction of sp³-hybridized carbons (Fsp3) is 0.480. The van der Waals surface area contributed by atoms with Gasteiger partial charge in [0.2, 0.25) is 5.91 Å². The first-order valence-corrected chi connectivity index (χ1v) is 12.5. The summed E-state index contributed by atoms with van der Waals surface area (Å²) in [5.74, 6) is 0.527. The molecule has 1 aromatic carbocycles. The summed E-state index contributed by atoms with van der Waals surface area (Å²) >= 11 is 1.42. The number of ether oxygens (including phenoxy) is 5. The maximum absolute atomic E-state index is 13.4. The Kier molecular flexibility index (Phi) is 8.55. The zero-order chi connectivity index (χ0) is 25.7. The quantitative estimate of drug-likeness (QED) is 0.362. The molecule has 3 aliphatic heterocycles. The molecule has 11 heteroatoms. The van der Waals surface area contributed by atoms with Crippen LogP contribution in [-0.4, -0.2) is 87.7 Å². The Labute approximate surface area is 214 Å². The van der Waals surface area contributed by atoms with Crippen molar-refractivity contribution in [2.75, 3.05) is 60.8 Å². The summed E-state index contributed by atoms with van der Waals surface area (Å²) < 4.78 is 27.2. The first kappa shape index (κ1) is 26.1. The molecule has 1 atom stereocenters. The Morgan fingerprint density at radius 3 is 2.61 bits per heavy atom. The molecule has 0 aliphatic carbocycles. The molecule has 0 radical (unpaired) electrons. The summed E-state index contributed by atoms with van der Waals surface area (Å²) in [5.41, 5.74) is 2.36. The van der Waals surface area contributed by atoms with Crippen molar-refractivity contribution in [1.82, 2.24) is 9.80 Å². The number of hydrogen-bond donors (Lipinski definition) is 0. The van der Waals surface area contributed by atoms with E-state index in [-0.39, 0.29) is 25.5 Å². The third-order valence-electron chi connectivity index (χ3n) is 6.17. The second-order valence-electron chi connectivity index (χ2n) is 8.27. The van der Waals surface area contributed by atoms with Gasteiger partial charge in [0, 0.05) is 31.5 Å². The number of benzene rings is 1. The van der Waals surface area contributed by atoms with Crippen LogP contribution in [0.3, 0.4) is 0 Å². The van der Waals surface area contributed by atoms with Crippen LogP contribution in [0.2, 0.25) is 0 Å². The van der Waals surface area contributed by atoms with Crippen molar-refractivity contribution in [2.45, 2.75) is 19.4 Å². The number of morpholine rings is 1. The molecule has 1 unspecified atom stereocenters. The Balaban J connectivity index is 1.74. The van der Waals surface area contributed by atoms with Crippen molar-refractivity contribution in [3.05, 3.63) is 46.1 Å². The predicted octanol–water partition coefficient (Wildman–Crippen LogP) is 2.72. The first-order valence-electron chi connectivity index (χ1n) is 11.7. The first-order chi connectivity index (χ1) is 17.5. The van der Waals surface area contributed by atoms with Crippen molar-refractivity contribution in [1.29, 1.82) is 0 Å². The zero-order valence-electron chi connectivity index (χ0n) is 20.9. The smallest absolute Gasteiger partial charge is 0.338 e. The van der Waals surface area contributed by atoms with E-state index in [2.05, 4.69) is 0 Å². The molecule has 0 saturated carbocycles. The molecule has 36 heavy (non-hydrogen) atoms. The molecule has 0 N–H and O–H groups in total. The largest absolute Gasteiger partial charge is 0.493 e. The summed E-state index contributed by atoms with van der Waals surface area (Å²) in [5, 5.41) is 2.60. The predicted molar refractivity (Wildman–Crippen MR) is 135 cm³/mol. The van der Waals surface area contributed by atoms with Gasteiger partial charge in [-0.05, 0) is 18.4 Å². The van der Waals surface area contributed by atoms with Crippen LogP contribution in [-0.2, 0) is 23.8 Å². The van der Waals surface area contributed by atoms with E-state index < -0.39 is 12.0 Å². The van der Waals surface area contributed by atoms with Crippen molar-refractivity contribution in [3.8, 4) is 11.5 Å². The highest BCUT2D eigenvalue weighted by Crippen LogP contribution is 2.48. The number of aliphatic imine (C=N–C) groups is 1. The number of amidine groups is 1. The lowest BCUT2D eigenvalue weighted by Crippen LogP contribution is -2.42. The van der Waals surface area contributed by atoms with Crippen LogP contribution < -0.4 is 9.47 Å². The molecule has 0 aromatic heterocycles. The summed E-state index contributed by atoms with van der Waals surface area (Å²) in [6.07, 6.45) is 0.167. The number of fused-ring (bicyclic) bond motifs is 1. The van der Waals surface area contributed by atoms with E-state index in [1.165, 1.54) is 11.8 Å². The normalized spacial score (nSPS) is 19.5. The van der Waals surface area contributed by atoms with E-state index in [4.69, 9.17) is 28.7 Å². The van der Waals surface area contributed by atoms with Crippen LogP contribution >= 0.6 is 11.8 Å². The van der Waals surface area contributed by atoms with Gasteiger partial charge >= 0.3 is 5.97 Å². The standard InChI is InChI=1S/C25H31N3O7S/c1-16-21(24(30)35-13-12-31-2)22(18-6-5-7-19(32-3)23(18)33-4)28-17(15-36-25(28)26-16)14-20(29)27-8-10-34-11-9-27/h5-7,15,22H,8-14H2,1-4H3. The van der Waals surface area contributed by atoms with Crippen LogP contribution in [0.15, 0.2) is 45.6 Å². The number of para-hydroxylation sites is 1. The lowest BCUT2D eigenvalue weighted by Gasteiger charge is -2.37. The number of rotatable bonds is 9. The van der Waals surface area contributed by atoms with Crippen LogP contribution in [0, 0.1) is 0 Å². The molecule has 0 spiro atoms.